The number of nitrogens with zero attached hydrogens (tertiary/aromatic N) is 1. The number of benzene rings is 1. The summed E-state index contributed by atoms with van der Waals surface area (Å²) < 4.78 is 1.88. The van der Waals surface area contributed by atoms with Gasteiger partial charge in [-0.15, -0.1) is 0 Å². The summed E-state index contributed by atoms with van der Waals surface area (Å²) in [4.78, 5) is 0. The fraction of sp³-hybridized carbons (Fsp3) is 0.125. The fourth-order valence-corrected chi connectivity index (χ4v) is 2.74. The Hall–Kier alpha value is -0.0800. The number of nitriles is 1. The molecular formula is C8H5BrIN. The molecule has 1 nitrogen and oxygen atoms in total. The second-order valence-corrected chi connectivity index (χ2v) is 4.23. The molecule has 0 saturated carbocycles. The van der Waals surface area contributed by atoms with Crippen molar-refractivity contribution >= 4 is 38.5 Å². The minimum absolute atomic E-state index is 0.719. The monoisotopic (exact) mass is 321 g/mol. The quantitative estimate of drug-likeness (QED) is 0.673. The van der Waals surface area contributed by atoms with Gasteiger partial charge in [0.1, 0.15) is 6.07 Å². The predicted molar refractivity (Wildman–Crippen MR) is 56.3 cm³/mol. The summed E-state index contributed by atoms with van der Waals surface area (Å²) >= 11 is 5.49. The Balaban J connectivity index is 3.40. The van der Waals surface area contributed by atoms with Gasteiger partial charge >= 0.3 is 0 Å². The van der Waals surface area contributed by atoms with Crippen molar-refractivity contribution in [1.82, 2.24) is 0 Å². The maximum Gasteiger partial charge on any atom is 0.101 e. The topological polar surface area (TPSA) is 23.8 Å². The SMILES string of the molecule is Cc1cc(Br)c(C#N)c(I)c1. The van der Waals surface area contributed by atoms with E-state index in [1.165, 1.54) is 5.56 Å². The molecule has 0 saturated heterocycles. The lowest BCUT2D eigenvalue weighted by Gasteiger charge is -1.99. The van der Waals surface area contributed by atoms with E-state index in [0.717, 1.165) is 13.6 Å². The normalized spacial score (nSPS) is 9.27. The van der Waals surface area contributed by atoms with Gasteiger partial charge in [0.25, 0.3) is 0 Å². The van der Waals surface area contributed by atoms with Gasteiger partial charge in [0.05, 0.1) is 5.56 Å². The Morgan fingerprint density at radius 3 is 2.64 bits per heavy atom. The van der Waals surface area contributed by atoms with Gasteiger partial charge in [-0.2, -0.15) is 5.26 Å². The lowest BCUT2D eigenvalue weighted by atomic mass is 10.2. The van der Waals surface area contributed by atoms with Crippen molar-refractivity contribution in [2.75, 3.05) is 0 Å². The van der Waals surface area contributed by atoms with Crippen molar-refractivity contribution in [3.05, 3.63) is 31.3 Å². The van der Waals surface area contributed by atoms with E-state index in [4.69, 9.17) is 5.26 Å². The molecule has 0 spiro atoms. The first-order valence-electron chi connectivity index (χ1n) is 3.01. The second-order valence-electron chi connectivity index (χ2n) is 2.22. The molecule has 1 rings (SSSR count). The van der Waals surface area contributed by atoms with E-state index in [0.29, 0.717) is 0 Å². The van der Waals surface area contributed by atoms with Crippen LogP contribution in [0.5, 0.6) is 0 Å². The summed E-state index contributed by atoms with van der Waals surface area (Å²) in [6, 6.07) is 6.07. The second kappa shape index (κ2) is 3.55. The van der Waals surface area contributed by atoms with Crippen molar-refractivity contribution in [2.24, 2.45) is 0 Å². The molecule has 0 atom stereocenters. The molecule has 0 fully saturated rings. The number of rotatable bonds is 0. The molecule has 56 valence electrons. The van der Waals surface area contributed by atoms with E-state index in [1.807, 2.05) is 19.1 Å². The summed E-state index contributed by atoms with van der Waals surface area (Å²) in [5.41, 5.74) is 1.89. The zero-order valence-corrected chi connectivity index (χ0v) is 9.60. The largest absolute Gasteiger partial charge is 0.192 e. The highest BCUT2D eigenvalue weighted by Crippen LogP contribution is 2.23. The molecule has 1 aromatic carbocycles. The highest BCUT2D eigenvalue weighted by Gasteiger charge is 2.03. The summed E-state index contributed by atoms with van der Waals surface area (Å²) in [7, 11) is 0. The maximum atomic E-state index is 8.71. The molecule has 0 heterocycles. The summed E-state index contributed by atoms with van der Waals surface area (Å²) in [5, 5.41) is 8.71. The zero-order valence-electron chi connectivity index (χ0n) is 5.86. The smallest absolute Gasteiger partial charge is 0.101 e. The van der Waals surface area contributed by atoms with Crippen molar-refractivity contribution in [3.8, 4) is 6.07 Å². The first-order chi connectivity index (χ1) is 5.15. The van der Waals surface area contributed by atoms with Crippen LogP contribution in [0.15, 0.2) is 16.6 Å². The summed E-state index contributed by atoms with van der Waals surface area (Å²) in [6.45, 7) is 2.01. The minimum Gasteiger partial charge on any atom is -0.192 e. The molecule has 3 heteroatoms. The average Bonchev–Trinajstić information content (AvgIpc) is 1.85. The van der Waals surface area contributed by atoms with Crippen LogP contribution in [-0.4, -0.2) is 0 Å². The van der Waals surface area contributed by atoms with Crippen LogP contribution in [0.4, 0.5) is 0 Å². The van der Waals surface area contributed by atoms with Crippen molar-refractivity contribution in [2.45, 2.75) is 6.92 Å². The van der Waals surface area contributed by atoms with Crippen molar-refractivity contribution < 1.29 is 0 Å². The molecular weight excluding hydrogens is 317 g/mol. The van der Waals surface area contributed by atoms with Gasteiger partial charge in [-0.1, -0.05) is 0 Å². The fourth-order valence-electron chi connectivity index (χ4n) is 0.807. The molecule has 0 aliphatic rings. The lowest BCUT2D eigenvalue weighted by molar-refractivity contribution is 1.38. The van der Waals surface area contributed by atoms with Gasteiger partial charge in [0, 0.05) is 8.04 Å². The molecule has 0 N–H and O–H groups in total. The number of halogens is 2. The number of aryl methyl sites for hydroxylation is 1. The Morgan fingerprint density at radius 2 is 2.18 bits per heavy atom. The van der Waals surface area contributed by atoms with Crippen molar-refractivity contribution in [1.29, 1.82) is 5.26 Å². The van der Waals surface area contributed by atoms with E-state index in [9.17, 15) is 0 Å². The highest BCUT2D eigenvalue weighted by molar-refractivity contribution is 14.1. The Bertz CT molecular complexity index is 304. The number of hydrogen-bond acceptors (Lipinski definition) is 1. The van der Waals surface area contributed by atoms with Gasteiger partial charge in [-0.3, -0.25) is 0 Å². The van der Waals surface area contributed by atoms with Crippen LogP contribution in [0.25, 0.3) is 0 Å². The molecule has 0 unspecified atom stereocenters. The van der Waals surface area contributed by atoms with Crippen LogP contribution < -0.4 is 0 Å². The van der Waals surface area contributed by atoms with Gasteiger partial charge in [-0.25, -0.2) is 0 Å². The first-order valence-corrected chi connectivity index (χ1v) is 4.88. The van der Waals surface area contributed by atoms with Crippen LogP contribution in [0.1, 0.15) is 11.1 Å². The van der Waals surface area contributed by atoms with Crippen LogP contribution in [0, 0.1) is 21.8 Å². The van der Waals surface area contributed by atoms with E-state index in [-0.39, 0.29) is 0 Å². The van der Waals surface area contributed by atoms with E-state index >= 15 is 0 Å². The maximum absolute atomic E-state index is 8.71. The van der Waals surface area contributed by atoms with Gasteiger partial charge in [-0.05, 0) is 63.1 Å². The third kappa shape index (κ3) is 1.94. The van der Waals surface area contributed by atoms with Crippen LogP contribution in [-0.2, 0) is 0 Å². The lowest BCUT2D eigenvalue weighted by Crippen LogP contribution is -1.85. The molecule has 0 amide bonds. The van der Waals surface area contributed by atoms with Gasteiger partial charge in [0.2, 0.25) is 0 Å². The number of hydrogen-bond donors (Lipinski definition) is 0. The van der Waals surface area contributed by atoms with Gasteiger partial charge in [0.15, 0.2) is 0 Å². The average molecular weight is 322 g/mol. The Morgan fingerprint density at radius 1 is 1.55 bits per heavy atom. The molecule has 0 aromatic heterocycles. The van der Waals surface area contributed by atoms with E-state index in [1.54, 1.807) is 0 Å². The Labute approximate surface area is 87.7 Å². The Kier molecular flexibility index (Phi) is 2.90. The van der Waals surface area contributed by atoms with Crippen LogP contribution >= 0.6 is 38.5 Å². The predicted octanol–water partition coefficient (Wildman–Crippen LogP) is 3.23. The van der Waals surface area contributed by atoms with Crippen molar-refractivity contribution in [3.63, 3.8) is 0 Å². The van der Waals surface area contributed by atoms with Crippen LogP contribution in [0.2, 0.25) is 0 Å². The molecule has 0 aliphatic heterocycles. The molecule has 1 aromatic rings. The third-order valence-electron chi connectivity index (χ3n) is 1.30. The third-order valence-corrected chi connectivity index (χ3v) is 2.77. The van der Waals surface area contributed by atoms with Gasteiger partial charge < -0.3 is 0 Å². The zero-order chi connectivity index (χ0) is 8.43. The first kappa shape index (κ1) is 9.01. The molecule has 11 heavy (non-hydrogen) atoms. The molecule has 0 bridgehead atoms. The molecule has 0 radical (unpaired) electrons. The van der Waals surface area contributed by atoms with E-state index < -0.39 is 0 Å². The molecule has 0 aliphatic carbocycles. The minimum atomic E-state index is 0.719. The van der Waals surface area contributed by atoms with E-state index in [2.05, 4.69) is 44.6 Å². The summed E-state index contributed by atoms with van der Waals surface area (Å²) in [5.74, 6) is 0. The highest BCUT2D eigenvalue weighted by atomic mass is 127. The standard InChI is InChI=1S/C8H5BrIN/c1-5-2-7(9)6(4-11)8(10)3-5/h2-3H,1H3. The van der Waals surface area contributed by atoms with Crippen LogP contribution in [0.3, 0.4) is 0 Å². The summed E-state index contributed by atoms with van der Waals surface area (Å²) in [6.07, 6.45) is 0.